The molecule has 7 nitrogen and oxygen atoms in total. The third-order valence-electron chi connectivity index (χ3n) is 4.91. The third-order valence-corrected chi connectivity index (χ3v) is 6.08. The number of methoxy groups -OCH3 is 1. The normalized spacial score (nSPS) is 15.1. The van der Waals surface area contributed by atoms with E-state index in [1.54, 1.807) is 31.2 Å². The van der Waals surface area contributed by atoms with Gasteiger partial charge in [0, 0.05) is 4.88 Å². The summed E-state index contributed by atoms with van der Waals surface area (Å²) in [5.41, 5.74) is 1.62. The third kappa shape index (κ3) is 4.81. The second-order valence-electron chi connectivity index (χ2n) is 7.10. The fraction of sp³-hybridized carbons (Fsp3) is 0.409. The summed E-state index contributed by atoms with van der Waals surface area (Å²) in [5.74, 6) is -0.724. The Balaban J connectivity index is 1.71. The topological polar surface area (TPSA) is 90.9 Å². The minimum Gasteiger partial charge on any atom is -0.496 e. The lowest BCUT2D eigenvalue weighted by Crippen LogP contribution is -2.22. The highest BCUT2D eigenvalue weighted by Crippen LogP contribution is 2.40. The van der Waals surface area contributed by atoms with Gasteiger partial charge in [0.05, 0.1) is 19.3 Å². The predicted molar refractivity (Wildman–Crippen MR) is 113 cm³/mol. The molecule has 1 atom stereocenters. The molecule has 1 amide bonds. The largest absolute Gasteiger partial charge is 0.496 e. The predicted octanol–water partition coefficient (Wildman–Crippen LogP) is 3.85. The highest BCUT2D eigenvalue weighted by molar-refractivity contribution is 7.17. The number of anilines is 1. The zero-order valence-corrected chi connectivity index (χ0v) is 18.1. The van der Waals surface area contributed by atoms with Gasteiger partial charge in [-0.05, 0) is 49.8 Å². The van der Waals surface area contributed by atoms with Crippen LogP contribution in [-0.4, -0.2) is 38.2 Å². The lowest BCUT2D eigenvalue weighted by molar-refractivity contribution is -0.119. The standard InChI is InChI=1S/C22H25NO6S/c1-4-28-22(26)19-15-10-9-13(2)11-17(15)30-20(19)23-18(24)12-29-21(25)14-7-5-6-8-16(14)27-3/h5-8,13H,4,9-12H2,1-3H3,(H,23,24)/t13-/m1/s1. The summed E-state index contributed by atoms with van der Waals surface area (Å²) in [6, 6.07) is 6.62. The zero-order valence-electron chi connectivity index (χ0n) is 17.3. The molecule has 0 saturated carbocycles. The Bertz CT molecular complexity index is 951. The fourth-order valence-corrected chi connectivity index (χ4v) is 4.86. The van der Waals surface area contributed by atoms with E-state index in [0.717, 1.165) is 29.7 Å². The van der Waals surface area contributed by atoms with Crippen molar-refractivity contribution < 1.29 is 28.6 Å². The highest BCUT2D eigenvalue weighted by Gasteiger charge is 2.29. The molecule has 0 aliphatic heterocycles. The number of carbonyl (C=O) groups excluding carboxylic acids is 3. The Hall–Kier alpha value is -2.87. The molecule has 1 N–H and O–H groups in total. The summed E-state index contributed by atoms with van der Waals surface area (Å²) in [4.78, 5) is 38.3. The molecule has 0 spiro atoms. The maximum absolute atomic E-state index is 12.5. The van der Waals surface area contributed by atoms with Crippen LogP contribution in [-0.2, 0) is 27.1 Å². The Morgan fingerprint density at radius 3 is 2.67 bits per heavy atom. The van der Waals surface area contributed by atoms with Gasteiger partial charge >= 0.3 is 11.9 Å². The van der Waals surface area contributed by atoms with E-state index in [1.165, 1.54) is 18.4 Å². The average molecular weight is 432 g/mol. The second-order valence-corrected chi connectivity index (χ2v) is 8.21. The molecular formula is C22H25NO6S. The van der Waals surface area contributed by atoms with Gasteiger partial charge in [0.25, 0.3) is 5.91 Å². The molecule has 1 aliphatic carbocycles. The zero-order chi connectivity index (χ0) is 21.7. The molecule has 0 saturated heterocycles. The van der Waals surface area contributed by atoms with E-state index in [0.29, 0.717) is 22.2 Å². The van der Waals surface area contributed by atoms with Crippen molar-refractivity contribution in [1.29, 1.82) is 0 Å². The van der Waals surface area contributed by atoms with Crippen LogP contribution in [0.3, 0.4) is 0 Å². The first-order valence-electron chi connectivity index (χ1n) is 9.86. The summed E-state index contributed by atoms with van der Waals surface area (Å²) < 4.78 is 15.5. The van der Waals surface area contributed by atoms with Crippen LogP contribution in [0.15, 0.2) is 24.3 Å². The summed E-state index contributed by atoms with van der Waals surface area (Å²) in [6.45, 7) is 3.69. The van der Waals surface area contributed by atoms with Crippen LogP contribution in [0, 0.1) is 5.92 Å². The molecule has 3 rings (SSSR count). The van der Waals surface area contributed by atoms with Crippen molar-refractivity contribution in [3.8, 4) is 5.75 Å². The van der Waals surface area contributed by atoms with Gasteiger partial charge in [-0.15, -0.1) is 11.3 Å². The minimum atomic E-state index is -0.660. The van der Waals surface area contributed by atoms with E-state index in [9.17, 15) is 14.4 Å². The number of rotatable bonds is 7. The van der Waals surface area contributed by atoms with Gasteiger partial charge in [-0.1, -0.05) is 19.1 Å². The molecule has 1 aromatic heterocycles. The fourth-order valence-electron chi connectivity index (χ4n) is 3.44. The Morgan fingerprint density at radius 1 is 1.17 bits per heavy atom. The van der Waals surface area contributed by atoms with Crippen molar-refractivity contribution in [2.45, 2.75) is 33.1 Å². The maximum atomic E-state index is 12.5. The number of thiophene rings is 1. The molecule has 0 fully saturated rings. The monoisotopic (exact) mass is 431 g/mol. The Kier molecular flexibility index (Phi) is 7.10. The molecular weight excluding hydrogens is 406 g/mol. The van der Waals surface area contributed by atoms with E-state index in [-0.39, 0.29) is 12.2 Å². The van der Waals surface area contributed by atoms with Gasteiger partial charge < -0.3 is 19.5 Å². The minimum absolute atomic E-state index is 0.237. The van der Waals surface area contributed by atoms with Crippen LogP contribution >= 0.6 is 11.3 Å². The van der Waals surface area contributed by atoms with Gasteiger partial charge in [0.2, 0.25) is 0 Å². The summed E-state index contributed by atoms with van der Waals surface area (Å²) in [7, 11) is 1.45. The first kappa shape index (κ1) is 21.8. The van der Waals surface area contributed by atoms with E-state index >= 15 is 0 Å². The number of benzene rings is 1. The number of nitrogens with one attached hydrogen (secondary N) is 1. The molecule has 0 unspecified atom stereocenters. The van der Waals surface area contributed by atoms with Crippen molar-refractivity contribution >= 4 is 34.2 Å². The molecule has 0 bridgehead atoms. The molecule has 1 aromatic carbocycles. The van der Waals surface area contributed by atoms with Crippen molar-refractivity contribution in [3.63, 3.8) is 0 Å². The Morgan fingerprint density at radius 2 is 1.93 bits per heavy atom. The molecule has 30 heavy (non-hydrogen) atoms. The number of hydrogen-bond donors (Lipinski definition) is 1. The number of ether oxygens (including phenoxy) is 3. The molecule has 1 aliphatic rings. The molecule has 0 radical (unpaired) electrons. The Labute approximate surface area is 179 Å². The van der Waals surface area contributed by atoms with Crippen LogP contribution in [0.4, 0.5) is 5.00 Å². The maximum Gasteiger partial charge on any atom is 0.342 e. The summed E-state index contributed by atoms with van der Waals surface area (Å²) in [5, 5.41) is 3.18. The number of amides is 1. The summed E-state index contributed by atoms with van der Waals surface area (Å²) in [6.07, 6.45) is 2.63. The van der Waals surface area contributed by atoms with Crippen LogP contribution in [0.5, 0.6) is 5.75 Å². The van der Waals surface area contributed by atoms with Crippen LogP contribution in [0.2, 0.25) is 0 Å². The lowest BCUT2D eigenvalue weighted by Gasteiger charge is -2.18. The second kappa shape index (κ2) is 9.75. The van der Waals surface area contributed by atoms with Gasteiger partial charge in [0.1, 0.15) is 16.3 Å². The van der Waals surface area contributed by atoms with Crippen LogP contribution in [0.25, 0.3) is 0 Å². The van der Waals surface area contributed by atoms with E-state index < -0.39 is 24.5 Å². The van der Waals surface area contributed by atoms with E-state index in [2.05, 4.69) is 12.2 Å². The molecule has 2 aromatic rings. The number of para-hydroxylation sites is 1. The number of carbonyl (C=O) groups is 3. The SMILES string of the molecule is CCOC(=O)c1c(NC(=O)COC(=O)c2ccccc2OC)sc2c1CC[C@@H](C)C2. The quantitative estimate of drug-likeness (QED) is 0.670. The molecule has 8 heteroatoms. The van der Waals surface area contributed by atoms with Gasteiger partial charge in [-0.2, -0.15) is 0 Å². The van der Waals surface area contributed by atoms with E-state index in [1.807, 2.05) is 0 Å². The van der Waals surface area contributed by atoms with Crippen molar-refractivity contribution in [2.75, 3.05) is 25.6 Å². The first-order valence-corrected chi connectivity index (χ1v) is 10.7. The number of esters is 2. The van der Waals surface area contributed by atoms with Gasteiger partial charge in [-0.3, -0.25) is 4.79 Å². The first-order chi connectivity index (χ1) is 14.4. The molecule has 1 heterocycles. The van der Waals surface area contributed by atoms with Crippen molar-refractivity contribution in [2.24, 2.45) is 5.92 Å². The number of fused-ring (bicyclic) bond motifs is 1. The van der Waals surface area contributed by atoms with Gasteiger partial charge in [-0.25, -0.2) is 9.59 Å². The summed E-state index contributed by atoms with van der Waals surface area (Å²) >= 11 is 1.39. The lowest BCUT2D eigenvalue weighted by atomic mass is 9.88. The van der Waals surface area contributed by atoms with Gasteiger partial charge in [0.15, 0.2) is 6.61 Å². The smallest absolute Gasteiger partial charge is 0.342 e. The van der Waals surface area contributed by atoms with Crippen LogP contribution in [0.1, 0.15) is 51.4 Å². The molecule has 160 valence electrons. The van der Waals surface area contributed by atoms with Crippen molar-refractivity contribution in [1.82, 2.24) is 0 Å². The highest BCUT2D eigenvalue weighted by atomic mass is 32.1. The van der Waals surface area contributed by atoms with Crippen LogP contribution < -0.4 is 10.1 Å². The van der Waals surface area contributed by atoms with Crippen molar-refractivity contribution in [3.05, 3.63) is 45.8 Å². The van der Waals surface area contributed by atoms with E-state index in [4.69, 9.17) is 14.2 Å². The average Bonchev–Trinajstić information content (AvgIpc) is 3.08. The number of hydrogen-bond acceptors (Lipinski definition) is 7.